The zero-order chi connectivity index (χ0) is 10.9. The molecule has 0 spiro atoms. The predicted octanol–water partition coefficient (Wildman–Crippen LogP) is 1.68. The number of hydrogen-bond donors (Lipinski definition) is 2. The Labute approximate surface area is 93.0 Å². The van der Waals surface area contributed by atoms with Gasteiger partial charge in [0.1, 0.15) is 0 Å². The van der Waals surface area contributed by atoms with Crippen LogP contribution in [0.25, 0.3) is 0 Å². The molecule has 0 unspecified atom stereocenters. The van der Waals surface area contributed by atoms with Gasteiger partial charge < -0.3 is 10.6 Å². The predicted molar refractivity (Wildman–Crippen MR) is 62.7 cm³/mol. The van der Waals surface area contributed by atoms with E-state index in [4.69, 9.17) is 0 Å². The zero-order valence-corrected chi connectivity index (χ0v) is 9.85. The quantitative estimate of drug-likeness (QED) is 0.658. The molecule has 1 rings (SSSR count). The molecule has 3 heteroatoms. The first-order valence-electron chi connectivity index (χ1n) is 6.30. The molecular weight excluding hydrogens is 188 g/mol. The lowest BCUT2D eigenvalue weighted by Gasteiger charge is -2.21. The van der Waals surface area contributed by atoms with Crippen molar-refractivity contribution < 1.29 is 4.79 Å². The van der Waals surface area contributed by atoms with Gasteiger partial charge in [-0.15, -0.1) is 0 Å². The van der Waals surface area contributed by atoms with Gasteiger partial charge in [-0.25, -0.2) is 0 Å². The SMILES string of the molecule is CCNCCC(=O)NCC1CCCCC1. The van der Waals surface area contributed by atoms with Gasteiger partial charge in [-0.1, -0.05) is 26.2 Å². The van der Waals surface area contributed by atoms with Crippen molar-refractivity contribution >= 4 is 5.91 Å². The highest BCUT2D eigenvalue weighted by atomic mass is 16.1. The van der Waals surface area contributed by atoms with Crippen LogP contribution < -0.4 is 10.6 Å². The highest BCUT2D eigenvalue weighted by Crippen LogP contribution is 2.22. The van der Waals surface area contributed by atoms with Crippen LogP contribution in [0.1, 0.15) is 45.4 Å². The summed E-state index contributed by atoms with van der Waals surface area (Å²) in [6.45, 7) is 4.69. The van der Waals surface area contributed by atoms with Gasteiger partial charge >= 0.3 is 0 Å². The summed E-state index contributed by atoms with van der Waals surface area (Å²) in [5.41, 5.74) is 0. The molecule has 1 aliphatic carbocycles. The molecule has 0 bridgehead atoms. The summed E-state index contributed by atoms with van der Waals surface area (Å²) in [5.74, 6) is 0.934. The van der Waals surface area contributed by atoms with Crippen molar-refractivity contribution in [1.82, 2.24) is 10.6 Å². The van der Waals surface area contributed by atoms with Crippen molar-refractivity contribution in [3.63, 3.8) is 0 Å². The number of carbonyl (C=O) groups is 1. The average molecular weight is 212 g/mol. The Morgan fingerprint density at radius 2 is 2.00 bits per heavy atom. The minimum atomic E-state index is 0.196. The second-order valence-electron chi connectivity index (χ2n) is 4.41. The van der Waals surface area contributed by atoms with Crippen LogP contribution in [0.15, 0.2) is 0 Å². The topological polar surface area (TPSA) is 41.1 Å². The van der Waals surface area contributed by atoms with Crippen molar-refractivity contribution in [1.29, 1.82) is 0 Å². The van der Waals surface area contributed by atoms with Crippen LogP contribution in [0.4, 0.5) is 0 Å². The molecule has 3 nitrogen and oxygen atoms in total. The van der Waals surface area contributed by atoms with E-state index in [1.165, 1.54) is 32.1 Å². The lowest BCUT2D eigenvalue weighted by atomic mass is 9.89. The third kappa shape index (κ3) is 5.78. The van der Waals surface area contributed by atoms with E-state index in [0.29, 0.717) is 6.42 Å². The van der Waals surface area contributed by atoms with Gasteiger partial charge in [0.25, 0.3) is 0 Å². The normalized spacial score (nSPS) is 17.7. The molecule has 0 aliphatic heterocycles. The Hall–Kier alpha value is -0.570. The fourth-order valence-corrected chi connectivity index (χ4v) is 2.12. The molecular formula is C12H24N2O. The maximum atomic E-state index is 11.4. The summed E-state index contributed by atoms with van der Waals surface area (Å²) in [6, 6.07) is 0. The summed E-state index contributed by atoms with van der Waals surface area (Å²) in [4.78, 5) is 11.4. The van der Waals surface area contributed by atoms with E-state index >= 15 is 0 Å². The molecule has 0 aromatic rings. The minimum Gasteiger partial charge on any atom is -0.356 e. The second kappa shape index (κ2) is 7.69. The Bertz CT molecular complexity index is 176. The fourth-order valence-electron chi connectivity index (χ4n) is 2.12. The Balaban J connectivity index is 2.00. The molecule has 88 valence electrons. The Morgan fingerprint density at radius 3 is 2.67 bits per heavy atom. The largest absolute Gasteiger partial charge is 0.356 e. The molecule has 15 heavy (non-hydrogen) atoms. The van der Waals surface area contributed by atoms with Gasteiger partial charge in [0.15, 0.2) is 0 Å². The molecule has 1 amide bonds. The summed E-state index contributed by atoms with van der Waals surface area (Å²) in [6.07, 6.45) is 7.28. The van der Waals surface area contributed by atoms with Crippen molar-refractivity contribution in [2.24, 2.45) is 5.92 Å². The standard InChI is InChI=1S/C12H24N2O/c1-2-13-9-8-12(15)14-10-11-6-4-3-5-7-11/h11,13H,2-10H2,1H3,(H,14,15). The molecule has 0 radical (unpaired) electrons. The van der Waals surface area contributed by atoms with E-state index in [-0.39, 0.29) is 5.91 Å². The van der Waals surface area contributed by atoms with Gasteiger partial charge in [0.05, 0.1) is 0 Å². The molecule has 1 aliphatic rings. The molecule has 0 aromatic heterocycles. The van der Waals surface area contributed by atoms with Crippen molar-refractivity contribution in [2.75, 3.05) is 19.6 Å². The smallest absolute Gasteiger partial charge is 0.221 e. The highest BCUT2D eigenvalue weighted by Gasteiger charge is 2.13. The first kappa shape index (κ1) is 12.5. The molecule has 0 aromatic carbocycles. The number of rotatable bonds is 6. The van der Waals surface area contributed by atoms with Gasteiger partial charge in [-0.05, 0) is 25.3 Å². The van der Waals surface area contributed by atoms with E-state index in [0.717, 1.165) is 25.6 Å². The minimum absolute atomic E-state index is 0.196. The first-order chi connectivity index (χ1) is 7.33. The molecule has 2 N–H and O–H groups in total. The Morgan fingerprint density at radius 1 is 1.27 bits per heavy atom. The van der Waals surface area contributed by atoms with E-state index in [1.54, 1.807) is 0 Å². The monoisotopic (exact) mass is 212 g/mol. The average Bonchev–Trinajstić information content (AvgIpc) is 2.28. The Kier molecular flexibility index (Phi) is 6.41. The molecule has 0 heterocycles. The third-order valence-electron chi connectivity index (χ3n) is 3.09. The number of carbonyl (C=O) groups excluding carboxylic acids is 1. The van der Waals surface area contributed by atoms with Crippen LogP contribution in [0, 0.1) is 5.92 Å². The van der Waals surface area contributed by atoms with Crippen LogP contribution in [0.2, 0.25) is 0 Å². The second-order valence-corrected chi connectivity index (χ2v) is 4.41. The van der Waals surface area contributed by atoms with Crippen LogP contribution in [-0.4, -0.2) is 25.5 Å². The van der Waals surface area contributed by atoms with E-state index in [2.05, 4.69) is 17.6 Å². The summed E-state index contributed by atoms with van der Waals surface area (Å²) < 4.78 is 0. The van der Waals surface area contributed by atoms with Crippen LogP contribution in [-0.2, 0) is 4.79 Å². The van der Waals surface area contributed by atoms with Crippen LogP contribution in [0.5, 0.6) is 0 Å². The summed E-state index contributed by atoms with van der Waals surface area (Å²) in [5, 5.41) is 6.19. The maximum absolute atomic E-state index is 11.4. The first-order valence-corrected chi connectivity index (χ1v) is 6.30. The lowest BCUT2D eigenvalue weighted by Crippen LogP contribution is -2.32. The van der Waals surface area contributed by atoms with E-state index in [1.807, 2.05) is 0 Å². The fraction of sp³-hybridized carbons (Fsp3) is 0.917. The number of amides is 1. The van der Waals surface area contributed by atoms with Crippen LogP contribution >= 0.6 is 0 Å². The number of hydrogen-bond acceptors (Lipinski definition) is 2. The van der Waals surface area contributed by atoms with Crippen molar-refractivity contribution in [3.8, 4) is 0 Å². The van der Waals surface area contributed by atoms with Crippen molar-refractivity contribution in [2.45, 2.75) is 45.4 Å². The van der Waals surface area contributed by atoms with Crippen LogP contribution in [0.3, 0.4) is 0 Å². The third-order valence-corrected chi connectivity index (χ3v) is 3.09. The summed E-state index contributed by atoms with van der Waals surface area (Å²) >= 11 is 0. The van der Waals surface area contributed by atoms with E-state index in [9.17, 15) is 4.79 Å². The lowest BCUT2D eigenvalue weighted by molar-refractivity contribution is -0.121. The number of nitrogens with one attached hydrogen (secondary N) is 2. The summed E-state index contributed by atoms with van der Waals surface area (Å²) in [7, 11) is 0. The molecule has 1 saturated carbocycles. The van der Waals surface area contributed by atoms with Crippen molar-refractivity contribution in [3.05, 3.63) is 0 Å². The van der Waals surface area contributed by atoms with Gasteiger partial charge in [0, 0.05) is 19.5 Å². The molecule has 0 atom stereocenters. The van der Waals surface area contributed by atoms with E-state index < -0.39 is 0 Å². The maximum Gasteiger partial charge on any atom is 0.221 e. The van der Waals surface area contributed by atoms with Gasteiger partial charge in [0.2, 0.25) is 5.91 Å². The molecule has 1 fully saturated rings. The van der Waals surface area contributed by atoms with Gasteiger partial charge in [-0.2, -0.15) is 0 Å². The zero-order valence-electron chi connectivity index (χ0n) is 9.85. The molecule has 0 saturated heterocycles. The highest BCUT2D eigenvalue weighted by molar-refractivity contribution is 5.76. The van der Waals surface area contributed by atoms with Gasteiger partial charge in [-0.3, -0.25) is 4.79 Å².